The van der Waals surface area contributed by atoms with E-state index in [1.54, 1.807) is 25.3 Å². The third kappa shape index (κ3) is 1.94. The van der Waals surface area contributed by atoms with Crippen molar-refractivity contribution in [1.29, 1.82) is 0 Å². The van der Waals surface area contributed by atoms with Crippen LogP contribution in [0.1, 0.15) is 12.0 Å². The lowest BCUT2D eigenvalue weighted by Crippen LogP contribution is -2.23. The molecule has 0 spiro atoms. The largest absolute Gasteiger partial charge is 0.496 e. The van der Waals surface area contributed by atoms with Crippen LogP contribution in [-0.2, 0) is 5.67 Å². The van der Waals surface area contributed by atoms with Crippen LogP contribution in [0, 0.1) is 0 Å². The summed E-state index contributed by atoms with van der Waals surface area (Å²) in [7, 11) is 1.54. The molecular weight excluding hydrogens is 217 g/mol. The van der Waals surface area contributed by atoms with Gasteiger partial charge in [0.2, 0.25) is 0 Å². The monoisotopic (exact) mass is 229 g/mol. The van der Waals surface area contributed by atoms with Crippen LogP contribution in [0.15, 0.2) is 18.2 Å². The highest BCUT2D eigenvalue weighted by Gasteiger charge is 2.38. The van der Waals surface area contributed by atoms with Gasteiger partial charge in [0.15, 0.2) is 5.67 Å². The molecule has 0 aliphatic carbocycles. The molecule has 1 aliphatic rings. The zero-order valence-electron chi connectivity index (χ0n) is 8.52. The Morgan fingerprint density at radius 3 is 2.93 bits per heavy atom. The average molecular weight is 230 g/mol. The first kappa shape index (κ1) is 10.7. The Bertz CT molecular complexity index is 364. The fourth-order valence-electron chi connectivity index (χ4n) is 1.92. The highest BCUT2D eigenvalue weighted by atomic mass is 35.5. The van der Waals surface area contributed by atoms with Crippen molar-refractivity contribution in [2.24, 2.45) is 0 Å². The molecule has 0 radical (unpaired) electrons. The van der Waals surface area contributed by atoms with Gasteiger partial charge >= 0.3 is 0 Å². The number of hydrogen-bond donors (Lipinski definition) is 1. The Morgan fingerprint density at radius 1 is 1.53 bits per heavy atom. The van der Waals surface area contributed by atoms with Crippen LogP contribution in [0.4, 0.5) is 4.39 Å². The maximum absolute atomic E-state index is 14.5. The van der Waals surface area contributed by atoms with E-state index < -0.39 is 5.67 Å². The second-order valence-electron chi connectivity index (χ2n) is 3.74. The predicted molar refractivity (Wildman–Crippen MR) is 58.3 cm³/mol. The average Bonchev–Trinajstić information content (AvgIpc) is 2.66. The first-order valence-corrected chi connectivity index (χ1v) is 5.27. The Labute approximate surface area is 93.4 Å². The van der Waals surface area contributed by atoms with E-state index in [-0.39, 0.29) is 0 Å². The first-order chi connectivity index (χ1) is 7.15. The molecule has 82 valence electrons. The molecule has 1 unspecified atom stereocenters. The number of rotatable bonds is 2. The lowest BCUT2D eigenvalue weighted by atomic mass is 9.94. The number of nitrogens with one attached hydrogen (secondary N) is 1. The summed E-state index contributed by atoms with van der Waals surface area (Å²) < 4.78 is 19.6. The molecular formula is C11H13ClFNO. The Kier molecular flexibility index (Phi) is 2.85. The summed E-state index contributed by atoms with van der Waals surface area (Å²) >= 11 is 5.87. The van der Waals surface area contributed by atoms with E-state index in [9.17, 15) is 4.39 Å². The van der Waals surface area contributed by atoms with E-state index in [1.165, 1.54) is 0 Å². The van der Waals surface area contributed by atoms with Gasteiger partial charge < -0.3 is 10.1 Å². The van der Waals surface area contributed by atoms with Crippen LogP contribution in [0.5, 0.6) is 5.75 Å². The summed E-state index contributed by atoms with van der Waals surface area (Å²) in [5, 5.41) is 3.55. The minimum absolute atomic E-state index is 0.323. The second kappa shape index (κ2) is 3.99. The number of hydrogen-bond acceptors (Lipinski definition) is 2. The van der Waals surface area contributed by atoms with Gasteiger partial charge in [0.1, 0.15) is 5.75 Å². The fourth-order valence-corrected chi connectivity index (χ4v) is 2.09. The summed E-state index contributed by atoms with van der Waals surface area (Å²) in [4.78, 5) is 0. The summed E-state index contributed by atoms with van der Waals surface area (Å²) in [6.45, 7) is 1.01. The molecule has 1 heterocycles. The van der Waals surface area contributed by atoms with Gasteiger partial charge in [-0.1, -0.05) is 11.6 Å². The summed E-state index contributed by atoms with van der Waals surface area (Å²) in [5.74, 6) is 0.561. The molecule has 4 heteroatoms. The van der Waals surface area contributed by atoms with Gasteiger partial charge in [-0.05, 0) is 31.2 Å². The van der Waals surface area contributed by atoms with Crippen LogP contribution in [-0.4, -0.2) is 20.2 Å². The highest BCUT2D eigenvalue weighted by molar-refractivity contribution is 6.30. The fraction of sp³-hybridized carbons (Fsp3) is 0.455. The van der Waals surface area contributed by atoms with Crippen LogP contribution >= 0.6 is 11.6 Å². The minimum atomic E-state index is -1.35. The smallest absolute Gasteiger partial charge is 0.153 e. The third-order valence-corrected chi connectivity index (χ3v) is 2.98. The highest BCUT2D eigenvalue weighted by Crippen LogP contribution is 2.39. The van der Waals surface area contributed by atoms with Crippen molar-refractivity contribution in [1.82, 2.24) is 5.32 Å². The van der Waals surface area contributed by atoms with E-state index in [1.807, 2.05) is 0 Å². The summed E-state index contributed by atoms with van der Waals surface area (Å²) in [5.41, 5.74) is -0.807. The SMILES string of the molecule is COc1ccc(Cl)cc1C1(F)CCNC1. The molecule has 0 aromatic heterocycles. The van der Waals surface area contributed by atoms with Crippen molar-refractivity contribution >= 4 is 11.6 Å². The number of methoxy groups -OCH3 is 1. The van der Waals surface area contributed by atoms with Gasteiger partial charge in [0.25, 0.3) is 0 Å². The maximum Gasteiger partial charge on any atom is 0.153 e. The third-order valence-electron chi connectivity index (χ3n) is 2.75. The Morgan fingerprint density at radius 2 is 2.33 bits per heavy atom. The summed E-state index contributed by atoms with van der Waals surface area (Å²) in [6, 6.07) is 5.06. The van der Waals surface area contributed by atoms with Crippen molar-refractivity contribution in [3.05, 3.63) is 28.8 Å². The van der Waals surface area contributed by atoms with Crippen molar-refractivity contribution in [2.75, 3.05) is 20.2 Å². The lowest BCUT2D eigenvalue weighted by molar-refractivity contribution is 0.187. The molecule has 1 fully saturated rings. The number of benzene rings is 1. The van der Waals surface area contributed by atoms with Crippen LogP contribution in [0.3, 0.4) is 0 Å². The van der Waals surface area contributed by atoms with Crippen molar-refractivity contribution in [3.8, 4) is 5.75 Å². The van der Waals surface area contributed by atoms with E-state index in [0.717, 1.165) is 0 Å². The van der Waals surface area contributed by atoms with Crippen LogP contribution < -0.4 is 10.1 Å². The summed E-state index contributed by atoms with van der Waals surface area (Å²) in [6.07, 6.45) is 0.462. The molecule has 1 saturated heterocycles. The normalized spacial score (nSPS) is 25.5. The van der Waals surface area contributed by atoms with Gasteiger partial charge in [-0.2, -0.15) is 0 Å². The number of ether oxygens (including phenoxy) is 1. The van der Waals surface area contributed by atoms with Crippen LogP contribution in [0.2, 0.25) is 5.02 Å². The van der Waals surface area contributed by atoms with Crippen molar-refractivity contribution in [2.45, 2.75) is 12.1 Å². The van der Waals surface area contributed by atoms with Gasteiger partial charge in [-0.15, -0.1) is 0 Å². The van der Waals surface area contributed by atoms with E-state index in [2.05, 4.69) is 5.32 Å². The Hall–Kier alpha value is -0.800. The zero-order valence-corrected chi connectivity index (χ0v) is 9.27. The maximum atomic E-state index is 14.5. The van der Waals surface area contributed by atoms with Crippen LogP contribution in [0.25, 0.3) is 0 Å². The van der Waals surface area contributed by atoms with E-state index in [4.69, 9.17) is 16.3 Å². The standard InChI is InChI=1S/C11H13ClFNO/c1-15-10-3-2-8(12)6-9(10)11(13)4-5-14-7-11/h2-3,6,14H,4-5,7H2,1H3. The molecule has 2 nitrogen and oxygen atoms in total. The predicted octanol–water partition coefficient (Wildman–Crippen LogP) is 2.51. The molecule has 0 bridgehead atoms. The van der Waals surface area contributed by atoms with E-state index >= 15 is 0 Å². The molecule has 1 aromatic carbocycles. The molecule has 0 amide bonds. The zero-order chi connectivity index (χ0) is 10.9. The lowest BCUT2D eigenvalue weighted by Gasteiger charge is -2.21. The second-order valence-corrected chi connectivity index (χ2v) is 4.17. The molecule has 1 atom stereocenters. The molecule has 2 rings (SSSR count). The molecule has 1 N–H and O–H groups in total. The number of alkyl halides is 1. The minimum Gasteiger partial charge on any atom is -0.496 e. The van der Waals surface area contributed by atoms with Gasteiger partial charge in [-0.3, -0.25) is 0 Å². The van der Waals surface area contributed by atoms with Crippen molar-refractivity contribution in [3.63, 3.8) is 0 Å². The Balaban J connectivity index is 2.44. The molecule has 1 aromatic rings. The van der Waals surface area contributed by atoms with Gasteiger partial charge in [0.05, 0.1) is 7.11 Å². The van der Waals surface area contributed by atoms with Crippen molar-refractivity contribution < 1.29 is 9.13 Å². The molecule has 0 saturated carbocycles. The quantitative estimate of drug-likeness (QED) is 0.842. The van der Waals surface area contributed by atoms with Gasteiger partial charge in [0, 0.05) is 17.1 Å². The van der Waals surface area contributed by atoms with E-state index in [0.29, 0.717) is 35.8 Å². The number of halogens is 2. The molecule has 1 aliphatic heterocycles. The topological polar surface area (TPSA) is 21.3 Å². The first-order valence-electron chi connectivity index (χ1n) is 4.89. The molecule has 15 heavy (non-hydrogen) atoms. The van der Waals surface area contributed by atoms with Gasteiger partial charge in [-0.25, -0.2) is 4.39 Å².